The highest BCUT2D eigenvalue weighted by atomic mass is 16.5. The zero-order valence-electron chi connectivity index (χ0n) is 9.46. The summed E-state index contributed by atoms with van der Waals surface area (Å²) in [5.74, 6) is 0.469. The van der Waals surface area contributed by atoms with Crippen molar-refractivity contribution in [2.24, 2.45) is 0 Å². The first-order valence-electron chi connectivity index (χ1n) is 5.22. The van der Waals surface area contributed by atoms with Gasteiger partial charge in [0.05, 0.1) is 25.3 Å². The third kappa shape index (κ3) is 2.66. The highest BCUT2D eigenvalue weighted by Gasteiger charge is 2.12. The molecule has 2 aromatic heterocycles. The van der Waals surface area contributed by atoms with Gasteiger partial charge in [0, 0.05) is 18.1 Å². The predicted octanol–water partition coefficient (Wildman–Crippen LogP) is 1.91. The van der Waals surface area contributed by atoms with Gasteiger partial charge in [-0.15, -0.1) is 0 Å². The van der Waals surface area contributed by atoms with Crippen molar-refractivity contribution in [3.05, 3.63) is 54.1 Å². The van der Waals surface area contributed by atoms with Gasteiger partial charge in [-0.1, -0.05) is 6.07 Å². The number of carbonyl (C=O) groups is 1. The van der Waals surface area contributed by atoms with Gasteiger partial charge in [0.15, 0.2) is 5.78 Å². The molecule has 0 atom stereocenters. The number of carbonyl (C=O) groups excluding carboxylic acids is 1. The average Bonchev–Trinajstić information content (AvgIpc) is 2.40. The van der Waals surface area contributed by atoms with Gasteiger partial charge in [0.25, 0.3) is 0 Å². The fourth-order valence-electron chi connectivity index (χ4n) is 1.54. The SMILES string of the molecule is COc1cnccc1C(=O)Cc1ccccn1. The van der Waals surface area contributed by atoms with Crippen LogP contribution in [0.4, 0.5) is 0 Å². The van der Waals surface area contributed by atoms with Crippen LogP contribution in [0.25, 0.3) is 0 Å². The lowest BCUT2D eigenvalue weighted by Crippen LogP contribution is -2.07. The molecule has 0 N–H and O–H groups in total. The number of nitrogens with zero attached hydrogens (tertiary/aromatic N) is 2. The van der Waals surface area contributed by atoms with Crippen molar-refractivity contribution < 1.29 is 9.53 Å². The number of hydrogen-bond donors (Lipinski definition) is 0. The first-order chi connectivity index (χ1) is 8.31. The van der Waals surface area contributed by atoms with Gasteiger partial charge in [-0.05, 0) is 18.2 Å². The van der Waals surface area contributed by atoms with E-state index in [1.165, 1.54) is 13.3 Å². The van der Waals surface area contributed by atoms with Crippen LogP contribution < -0.4 is 4.74 Å². The topological polar surface area (TPSA) is 52.1 Å². The average molecular weight is 228 g/mol. The van der Waals surface area contributed by atoms with Gasteiger partial charge in [-0.3, -0.25) is 14.8 Å². The van der Waals surface area contributed by atoms with Crippen molar-refractivity contribution in [2.45, 2.75) is 6.42 Å². The summed E-state index contributed by atoms with van der Waals surface area (Å²) in [6.07, 6.45) is 5.05. The number of ether oxygens (including phenoxy) is 1. The lowest BCUT2D eigenvalue weighted by molar-refractivity contribution is 0.0989. The Balaban J connectivity index is 2.20. The van der Waals surface area contributed by atoms with E-state index in [0.29, 0.717) is 11.3 Å². The highest BCUT2D eigenvalue weighted by Crippen LogP contribution is 2.17. The van der Waals surface area contributed by atoms with Crippen LogP contribution in [-0.2, 0) is 6.42 Å². The van der Waals surface area contributed by atoms with Gasteiger partial charge in [0.1, 0.15) is 5.75 Å². The molecule has 0 radical (unpaired) electrons. The summed E-state index contributed by atoms with van der Waals surface area (Å²) in [4.78, 5) is 20.1. The molecule has 0 amide bonds. The van der Waals surface area contributed by atoms with E-state index in [4.69, 9.17) is 4.74 Å². The van der Waals surface area contributed by atoms with Crippen LogP contribution in [0.2, 0.25) is 0 Å². The summed E-state index contributed by atoms with van der Waals surface area (Å²) in [7, 11) is 1.52. The molecular weight excluding hydrogens is 216 g/mol. The molecule has 2 rings (SSSR count). The Morgan fingerprint density at radius 3 is 2.88 bits per heavy atom. The minimum absolute atomic E-state index is 0.0250. The third-order valence-electron chi connectivity index (χ3n) is 2.37. The molecule has 0 aromatic carbocycles. The summed E-state index contributed by atoms with van der Waals surface area (Å²) in [6.45, 7) is 0. The molecule has 4 nitrogen and oxygen atoms in total. The van der Waals surface area contributed by atoms with E-state index in [1.54, 1.807) is 18.5 Å². The van der Waals surface area contributed by atoms with Crippen LogP contribution in [-0.4, -0.2) is 22.9 Å². The summed E-state index contributed by atoms with van der Waals surface area (Å²) >= 11 is 0. The number of rotatable bonds is 4. The normalized spacial score (nSPS) is 9.94. The third-order valence-corrected chi connectivity index (χ3v) is 2.37. The van der Waals surface area contributed by atoms with Crippen molar-refractivity contribution in [2.75, 3.05) is 7.11 Å². The highest BCUT2D eigenvalue weighted by molar-refractivity contribution is 5.99. The van der Waals surface area contributed by atoms with Gasteiger partial charge >= 0.3 is 0 Å². The molecule has 0 aliphatic heterocycles. The summed E-state index contributed by atoms with van der Waals surface area (Å²) in [5, 5.41) is 0. The predicted molar refractivity (Wildman–Crippen MR) is 63.1 cm³/mol. The Bertz CT molecular complexity index is 512. The van der Waals surface area contributed by atoms with Crippen molar-refractivity contribution in [1.29, 1.82) is 0 Å². The minimum atomic E-state index is -0.0250. The summed E-state index contributed by atoms with van der Waals surface area (Å²) in [5.41, 5.74) is 1.28. The first-order valence-corrected chi connectivity index (χ1v) is 5.22. The quantitative estimate of drug-likeness (QED) is 0.750. The Labute approximate surface area is 99.3 Å². The van der Waals surface area contributed by atoms with E-state index in [1.807, 2.05) is 18.2 Å². The number of ketones is 1. The Morgan fingerprint density at radius 2 is 2.18 bits per heavy atom. The van der Waals surface area contributed by atoms with Crippen molar-refractivity contribution in [1.82, 2.24) is 9.97 Å². The number of hydrogen-bond acceptors (Lipinski definition) is 4. The van der Waals surface area contributed by atoms with E-state index in [0.717, 1.165) is 5.69 Å². The molecule has 0 aliphatic rings. The number of Topliss-reactive ketones (excluding diaryl/α,β-unsaturated/α-hetero) is 1. The number of pyridine rings is 2. The van der Waals surface area contributed by atoms with Crippen LogP contribution in [0.15, 0.2) is 42.9 Å². The van der Waals surface area contributed by atoms with Gasteiger partial charge in [-0.2, -0.15) is 0 Å². The zero-order chi connectivity index (χ0) is 12.1. The maximum Gasteiger partial charge on any atom is 0.172 e. The molecule has 86 valence electrons. The molecule has 2 aromatic rings. The first kappa shape index (κ1) is 11.3. The molecule has 0 fully saturated rings. The van der Waals surface area contributed by atoms with E-state index >= 15 is 0 Å². The number of aromatic nitrogens is 2. The molecule has 0 unspecified atom stereocenters. The monoisotopic (exact) mass is 228 g/mol. The summed E-state index contributed by atoms with van der Waals surface area (Å²) < 4.78 is 5.10. The molecule has 4 heteroatoms. The van der Waals surface area contributed by atoms with Crippen LogP contribution in [0.5, 0.6) is 5.75 Å². The van der Waals surface area contributed by atoms with E-state index in [2.05, 4.69) is 9.97 Å². The molecule has 0 bridgehead atoms. The molecule has 0 saturated heterocycles. The molecular formula is C13H12N2O2. The van der Waals surface area contributed by atoms with Crippen LogP contribution in [0.1, 0.15) is 16.1 Å². The standard InChI is InChI=1S/C13H12N2O2/c1-17-13-9-14-7-5-11(13)12(16)8-10-4-2-3-6-15-10/h2-7,9H,8H2,1H3. The molecule has 17 heavy (non-hydrogen) atoms. The van der Waals surface area contributed by atoms with Gasteiger partial charge in [-0.25, -0.2) is 0 Å². The molecule has 2 heterocycles. The van der Waals surface area contributed by atoms with Crippen molar-refractivity contribution >= 4 is 5.78 Å². The lowest BCUT2D eigenvalue weighted by atomic mass is 10.1. The second-order valence-corrected chi connectivity index (χ2v) is 3.50. The smallest absolute Gasteiger partial charge is 0.172 e. The Morgan fingerprint density at radius 1 is 1.29 bits per heavy atom. The van der Waals surface area contributed by atoms with E-state index in [-0.39, 0.29) is 12.2 Å². The van der Waals surface area contributed by atoms with Gasteiger partial charge in [0.2, 0.25) is 0 Å². The van der Waals surface area contributed by atoms with Crippen LogP contribution in [0, 0.1) is 0 Å². The molecule has 0 aliphatic carbocycles. The second kappa shape index (κ2) is 5.21. The van der Waals surface area contributed by atoms with Crippen LogP contribution >= 0.6 is 0 Å². The number of methoxy groups -OCH3 is 1. The van der Waals surface area contributed by atoms with Crippen molar-refractivity contribution in [3.63, 3.8) is 0 Å². The van der Waals surface area contributed by atoms with E-state index in [9.17, 15) is 4.79 Å². The van der Waals surface area contributed by atoms with Gasteiger partial charge < -0.3 is 4.74 Å². The second-order valence-electron chi connectivity index (χ2n) is 3.50. The summed E-state index contributed by atoms with van der Waals surface area (Å²) in [6, 6.07) is 7.16. The zero-order valence-corrected chi connectivity index (χ0v) is 9.46. The van der Waals surface area contributed by atoms with Crippen molar-refractivity contribution in [3.8, 4) is 5.75 Å². The van der Waals surface area contributed by atoms with E-state index < -0.39 is 0 Å². The Kier molecular flexibility index (Phi) is 3.45. The maximum atomic E-state index is 12.0. The largest absolute Gasteiger partial charge is 0.494 e. The van der Waals surface area contributed by atoms with Crippen LogP contribution in [0.3, 0.4) is 0 Å². The lowest BCUT2D eigenvalue weighted by Gasteiger charge is -2.06. The molecule has 0 spiro atoms. The fraction of sp³-hybridized carbons (Fsp3) is 0.154. The fourth-order valence-corrected chi connectivity index (χ4v) is 1.54. The maximum absolute atomic E-state index is 12.0. The Hall–Kier alpha value is -2.23. The minimum Gasteiger partial charge on any atom is -0.494 e. The molecule has 0 saturated carbocycles.